The first-order valence-corrected chi connectivity index (χ1v) is 6.90. The molecule has 0 radical (unpaired) electrons. The van der Waals surface area contributed by atoms with E-state index in [-0.39, 0.29) is 6.04 Å². The number of nitrogens with two attached hydrogens (primary N) is 1. The van der Waals surface area contributed by atoms with Crippen molar-refractivity contribution in [3.8, 4) is 17.2 Å². The van der Waals surface area contributed by atoms with Crippen molar-refractivity contribution in [3.05, 3.63) is 54.1 Å². The summed E-state index contributed by atoms with van der Waals surface area (Å²) in [4.78, 5) is 0. The van der Waals surface area contributed by atoms with Crippen LogP contribution >= 0.6 is 0 Å². The van der Waals surface area contributed by atoms with Crippen molar-refractivity contribution in [2.75, 3.05) is 20.8 Å². The summed E-state index contributed by atoms with van der Waals surface area (Å²) in [7, 11) is 3.27. The lowest BCUT2D eigenvalue weighted by atomic mass is 10.0. The van der Waals surface area contributed by atoms with Crippen molar-refractivity contribution in [1.29, 1.82) is 0 Å². The van der Waals surface area contributed by atoms with E-state index >= 15 is 0 Å². The zero-order chi connectivity index (χ0) is 15.1. The third-order valence-electron chi connectivity index (χ3n) is 3.28. The number of rotatable bonds is 7. The van der Waals surface area contributed by atoms with Crippen molar-refractivity contribution < 1.29 is 14.2 Å². The van der Waals surface area contributed by atoms with Gasteiger partial charge in [0.25, 0.3) is 0 Å². The second-order valence-electron chi connectivity index (χ2n) is 4.66. The van der Waals surface area contributed by atoms with Gasteiger partial charge in [-0.1, -0.05) is 18.2 Å². The quantitative estimate of drug-likeness (QED) is 0.850. The van der Waals surface area contributed by atoms with Crippen LogP contribution in [0.25, 0.3) is 0 Å². The molecule has 2 aromatic carbocycles. The summed E-state index contributed by atoms with van der Waals surface area (Å²) in [5, 5.41) is 0. The van der Waals surface area contributed by atoms with Gasteiger partial charge < -0.3 is 19.9 Å². The normalized spacial score (nSPS) is 11.8. The Kier molecular flexibility index (Phi) is 5.46. The van der Waals surface area contributed by atoms with Crippen LogP contribution in [0.15, 0.2) is 48.5 Å². The van der Waals surface area contributed by atoms with E-state index in [1.165, 1.54) is 0 Å². The largest absolute Gasteiger partial charge is 0.497 e. The van der Waals surface area contributed by atoms with E-state index in [0.717, 1.165) is 22.8 Å². The number of methoxy groups -OCH3 is 2. The Bertz CT molecular complexity index is 557. The first-order valence-electron chi connectivity index (χ1n) is 6.90. The minimum absolute atomic E-state index is 0.168. The van der Waals surface area contributed by atoms with E-state index in [1.807, 2.05) is 48.5 Å². The van der Waals surface area contributed by atoms with Crippen molar-refractivity contribution in [1.82, 2.24) is 0 Å². The first kappa shape index (κ1) is 15.2. The van der Waals surface area contributed by atoms with E-state index in [4.69, 9.17) is 19.9 Å². The fourth-order valence-corrected chi connectivity index (χ4v) is 2.11. The number of hydrogen-bond acceptors (Lipinski definition) is 4. The molecule has 0 aliphatic heterocycles. The van der Waals surface area contributed by atoms with E-state index < -0.39 is 0 Å². The Labute approximate surface area is 125 Å². The lowest BCUT2D eigenvalue weighted by molar-refractivity contribution is 0.296. The second-order valence-corrected chi connectivity index (χ2v) is 4.66. The minimum atomic E-state index is -0.168. The van der Waals surface area contributed by atoms with Crippen LogP contribution in [0.3, 0.4) is 0 Å². The average molecular weight is 287 g/mol. The average Bonchev–Trinajstić information content (AvgIpc) is 2.55. The zero-order valence-corrected chi connectivity index (χ0v) is 12.4. The lowest BCUT2D eigenvalue weighted by Crippen LogP contribution is -2.15. The first-order chi connectivity index (χ1) is 10.2. The predicted molar refractivity (Wildman–Crippen MR) is 83.0 cm³/mol. The van der Waals surface area contributed by atoms with Crippen LogP contribution in [-0.4, -0.2) is 20.8 Å². The van der Waals surface area contributed by atoms with Gasteiger partial charge in [-0.15, -0.1) is 0 Å². The highest BCUT2D eigenvalue weighted by Crippen LogP contribution is 2.29. The molecule has 0 spiro atoms. The monoisotopic (exact) mass is 287 g/mol. The van der Waals surface area contributed by atoms with Crippen LogP contribution < -0.4 is 19.9 Å². The molecule has 0 bridgehead atoms. The smallest absolute Gasteiger partial charge is 0.123 e. The molecule has 0 amide bonds. The molecule has 0 saturated carbocycles. The Morgan fingerprint density at radius 1 is 0.952 bits per heavy atom. The van der Waals surface area contributed by atoms with Gasteiger partial charge in [0.2, 0.25) is 0 Å². The Morgan fingerprint density at radius 2 is 1.71 bits per heavy atom. The zero-order valence-electron chi connectivity index (χ0n) is 12.4. The maximum atomic E-state index is 6.24. The molecule has 4 heteroatoms. The summed E-state index contributed by atoms with van der Waals surface area (Å²) < 4.78 is 16.3. The topological polar surface area (TPSA) is 53.7 Å². The van der Waals surface area contributed by atoms with Gasteiger partial charge >= 0.3 is 0 Å². The highest BCUT2D eigenvalue weighted by atomic mass is 16.5. The fourth-order valence-electron chi connectivity index (χ4n) is 2.11. The van der Waals surface area contributed by atoms with Crippen LogP contribution in [0.1, 0.15) is 18.0 Å². The summed E-state index contributed by atoms with van der Waals surface area (Å²) in [6.07, 6.45) is 0.693. The Balaban J connectivity index is 1.97. The van der Waals surface area contributed by atoms with Gasteiger partial charge in [0.15, 0.2) is 0 Å². The maximum Gasteiger partial charge on any atom is 0.123 e. The highest BCUT2D eigenvalue weighted by molar-refractivity contribution is 5.42. The molecular formula is C17H21NO3. The SMILES string of the molecule is COc1ccc(OC)c(C(N)CCOc2ccccc2)c1. The van der Waals surface area contributed by atoms with Gasteiger partial charge in [-0.05, 0) is 30.3 Å². The highest BCUT2D eigenvalue weighted by Gasteiger charge is 2.13. The number of hydrogen-bond donors (Lipinski definition) is 1. The van der Waals surface area contributed by atoms with E-state index in [0.29, 0.717) is 13.0 Å². The molecule has 0 aromatic heterocycles. The molecule has 0 heterocycles. The van der Waals surface area contributed by atoms with Crippen molar-refractivity contribution in [2.24, 2.45) is 5.73 Å². The molecular weight excluding hydrogens is 266 g/mol. The molecule has 1 unspecified atom stereocenters. The molecule has 4 nitrogen and oxygen atoms in total. The van der Waals surface area contributed by atoms with Gasteiger partial charge in [-0.2, -0.15) is 0 Å². The molecule has 0 fully saturated rings. The summed E-state index contributed by atoms with van der Waals surface area (Å²) in [6, 6.07) is 15.2. The Hall–Kier alpha value is -2.20. The summed E-state index contributed by atoms with van der Waals surface area (Å²) in [6.45, 7) is 0.547. The van der Waals surface area contributed by atoms with Crippen molar-refractivity contribution in [3.63, 3.8) is 0 Å². The van der Waals surface area contributed by atoms with Gasteiger partial charge in [0.1, 0.15) is 17.2 Å². The molecule has 21 heavy (non-hydrogen) atoms. The maximum absolute atomic E-state index is 6.24. The van der Waals surface area contributed by atoms with E-state index in [2.05, 4.69) is 0 Å². The lowest BCUT2D eigenvalue weighted by Gasteiger charge is -2.17. The fraction of sp³-hybridized carbons (Fsp3) is 0.294. The van der Waals surface area contributed by atoms with Crippen molar-refractivity contribution >= 4 is 0 Å². The van der Waals surface area contributed by atoms with Crippen LogP contribution in [0.5, 0.6) is 17.2 Å². The van der Waals surface area contributed by atoms with Gasteiger partial charge in [-0.3, -0.25) is 0 Å². The third-order valence-corrected chi connectivity index (χ3v) is 3.28. The Morgan fingerprint density at radius 3 is 2.38 bits per heavy atom. The molecule has 2 aromatic rings. The van der Waals surface area contributed by atoms with Crippen LogP contribution in [-0.2, 0) is 0 Å². The molecule has 2 rings (SSSR count). The summed E-state index contributed by atoms with van der Waals surface area (Å²) >= 11 is 0. The molecule has 0 aliphatic carbocycles. The summed E-state index contributed by atoms with van der Waals surface area (Å²) in [5.41, 5.74) is 7.17. The number of para-hydroxylation sites is 1. The van der Waals surface area contributed by atoms with Crippen molar-refractivity contribution in [2.45, 2.75) is 12.5 Å². The molecule has 2 N–H and O–H groups in total. The van der Waals surface area contributed by atoms with Crippen LogP contribution in [0, 0.1) is 0 Å². The van der Waals surface area contributed by atoms with Gasteiger partial charge in [-0.25, -0.2) is 0 Å². The van der Waals surface area contributed by atoms with Crippen LogP contribution in [0.4, 0.5) is 0 Å². The third kappa shape index (κ3) is 4.13. The van der Waals surface area contributed by atoms with E-state index in [9.17, 15) is 0 Å². The van der Waals surface area contributed by atoms with Gasteiger partial charge in [0.05, 0.1) is 20.8 Å². The van der Waals surface area contributed by atoms with Crippen LogP contribution in [0.2, 0.25) is 0 Å². The van der Waals surface area contributed by atoms with E-state index in [1.54, 1.807) is 14.2 Å². The predicted octanol–water partition coefficient (Wildman–Crippen LogP) is 3.17. The number of ether oxygens (including phenoxy) is 3. The molecule has 112 valence electrons. The molecule has 0 aliphatic rings. The molecule has 1 atom stereocenters. The second kappa shape index (κ2) is 7.55. The van der Waals surface area contributed by atoms with Gasteiger partial charge in [0, 0.05) is 18.0 Å². The minimum Gasteiger partial charge on any atom is -0.497 e. The number of benzene rings is 2. The summed E-state index contributed by atoms with van der Waals surface area (Å²) in [5.74, 6) is 2.38. The molecule has 0 saturated heterocycles. The standard InChI is InChI=1S/C17H21NO3/c1-19-14-8-9-17(20-2)15(12-14)16(18)10-11-21-13-6-4-3-5-7-13/h3-9,12,16H,10-11,18H2,1-2H3.